The number of hydrogen-bond acceptors (Lipinski definition) is 2. The number of benzene rings is 1. The van der Waals surface area contributed by atoms with E-state index in [4.69, 9.17) is 4.74 Å². The first-order chi connectivity index (χ1) is 9.00. The predicted molar refractivity (Wildman–Crippen MR) is 79.7 cm³/mol. The minimum Gasteiger partial charge on any atom is -0.483 e. The van der Waals surface area contributed by atoms with Gasteiger partial charge in [0.25, 0.3) is 0 Å². The van der Waals surface area contributed by atoms with Gasteiger partial charge < -0.3 is 4.74 Å². The van der Waals surface area contributed by atoms with Crippen molar-refractivity contribution in [2.75, 3.05) is 0 Å². The molecule has 0 saturated carbocycles. The van der Waals surface area contributed by atoms with Gasteiger partial charge in [0.15, 0.2) is 6.29 Å². The quantitative estimate of drug-likeness (QED) is 0.529. The highest BCUT2D eigenvalue weighted by Gasteiger charge is 2.22. The fraction of sp³-hybridized carbons (Fsp3) is 0.353. The number of hydrogen-bond donors (Lipinski definition) is 0. The molecule has 0 aliphatic heterocycles. The molecule has 0 radical (unpaired) electrons. The SMILES string of the molecule is C=CC(C)(CCC=C(C)C)Oc1ccccc1C=O. The molecule has 1 aromatic rings. The predicted octanol–water partition coefficient (Wildman–Crippen LogP) is 4.57. The maximum atomic E-state index is 11.0. The van der Waals surface area contributed by atoms with Gasteiger partial charge in [0.05, 0.1) is 5.56 Å². The second-order valence-electron chi connectivity index (χ2n) is 5.09. The molecule has 2 nitrogen and oxygen atoms in total. The highest BCUT2D eigenvalue weighted by Crippen LogP contribution is 2.26. The van der Waals surface area contributed by atoms with Gasteiger partial charge in [0, 0.05) is 0 Å². The van der Waals surface area contributed by atoms with Crippen LogP contribution in [-0.4, -0.2) is 11.9 Å². The third-order valence-electron chi connectivity index (χ3n) is 3.01. The largest absolute Gasteiger partial charge is 0.483 e. The summed E-state index contributed by atoms with van der Waals surface area (Å²) < 4.78 is 5.98. The molecule has 1 atom stereocenters. The van der Waals surface area contributed by atoms with Crippen LogP contribution in [0.15, 0.2) is 48.6 Å². The molecule has 19 heavy (non-hydrogen) atoms. The molecule has 1 rings (SSSR count). The summed E-state index contributed by atoms with van der Waals surface area (Å²) in [6.07, 6.45) is 6.54. The average Bonchev–Trinajstić information content (AvgIpc) is 2.39. The van der Waals surface area contributed by atoms with Crippen LogP contribution in [0, 0.1) is 0 Å². The Kier molecular flexibility index (Phi) is 5.56. The van der Waals surface area contributed by atoms with Crippen molar-refractivity contribution in [3.63, 3.8) is 0 Å². The lowest BCUT2D eigenvalue weighted by Gasteiger charge is -2.27. The molecule has 1 unspecified atom stereocenters. The number of carbonyl (C=O) groups excluding carboxylic acids is 1. The van der Waals surface area contributed by atoms with E-state index in [2.05, 4.69) is 26.5 Å². The molecular formula is C17H22O2. The summed E-state index contributed by atoms with van der Waals surface area (Å²) in [6, 6.07) is 7.25. The van der Waals surface area contributed by atoms with E-state index < -0.39 is 5.60 Å². The highest BCUT2D eigenvalue weighted by atomic mass is 16.5. The standard InChI is InChI=1S/C17H22O2/c1-5-17(4,12-8-9-14(2)3)19-16-11-7-6-10-15(16)13-18/h5-7,9-11,13H,1,8,12H2,2-4H3. The van der Waals surface area contributed by atoms with Crippen molar-refractivity contribution in [2.24, 2.45) is 0 Å². The Morgan fingerprint density at radius 1 is 1.37 bits per heavy atom. The lowest BCUT2D eigenvalue weighted by Crippen LogP contribution is -2.29. The zero-order chi connectivity index (χ0) is 14.3. The zero-order valence-electron chi connectivity index (χ0n) is 12.0. The van der Waals surface area contributed by atoms with E-state index in [1.807, 2.05) is 25.1 Å². The maximum absolute atomic E-state index is 11.0. The Bertz CT molecular complexity index is 470. The summed E-state index contributed by atoms with van der Waals surface area (Å²) in [5.74, 6) is 0.608. The Balaban J connectivity index is 2.82. The molecule has 1 aromatic carbocycles. The van der Waals surface area contributed by atoms with Gasteiger partial charge in [-0.15, -0.1) is 0 Å². The topological polar surface area (TPSA) is 26.3 Å². The molecule has 0 heterocycles. The van der Waals surface area contributed by atoms with E-state index in [-0.39, 0.29) is 0 Å². The Morgan fingerprint density at radius 2 is 2.05 bits per heavy atom. The van der Waals surface area contributed by atoms with Gasteiger partial charge in [-0.3, -0.25) is 4.79 Å². The summed E-state index contributed by atoms with van der Waals surface area (Å²) in [4.78, 5) is 11.0. The van der Waals surface area contributed by atoms with E-state index in [0.717, 1.165) is 19.1 Å². The van der Waals surface area contributed by atoms with Crippen molar-refractivity contribution in [1.82, 2.24) is 0 Å². The second-order valence-corrected chi connectivity index (χ2v) is 5.09. The van der Waals surface area contributed by atoms with E-state index in [1.54, 1.807) is 12.1 Å². The summed E-state index contributed by atoms with van der Waals surface area (Å²) >= 11 is 0. The van der Waals surface area contributed by atoms with E-state index >= 15 is 0 Å². The van der Waals surface area contributed by atoms with Gasteiger partial charge in [-0.1, -0.05) is 30.4 Å². The molecule has 0 saturated heterocycles. The number of aldehydes is 1. The van der Waals surface area contributed by atoms with Gasteiger partial charge >= 0.3 is 0 Å². The van der Waals surface area contributed by atoms with Crippen LogP contribution < -0.4 is 4.74 Å². The molecule has 0 spiro atoms. The van der Waals surface area contributed by atoms with Gasteiger partial charge in [-0.25, -0.2) is 0 Å². The van der Waals surface area contributed by atoms with Crippen molar-refractivity contribution in [3.05, 3.63) is 54.1 Å². The smallest absolute Gasteiger partial charge is 0.153 e. The lowest BCUT2D eigenvalue weighted by molar-refractivity contribution is 0.109. The first-order valence-corrected chi connectivity index (χ1v) is 6.51. The fourth-order valence-corrected chi connectivity index (χ4v) is 1.76. The van der Waals surface area contributed by atoms with Crippen LogP contribution >= 0.6 is 0 Å². The molecule has 0 aromatic heterocycles. The second kappa shape index (κ2) is 6.93. The van der Waals surface area contributed by atoms with Crippen molar-refractivity contribution >= 4 is 6.29 Å². The monoisotopic (exact) mass is 258 g/mol. The minimum absolute atomic E-state index is 0.467. The van der Waals surface area contributed by atoms with E-state index in [9.17, 15) is 4.79 Å². The van der Waals surface area contributed by atoms with E-state index in [1.165, 1.54) is 5.57 Å². The lowest BCUT2D eigenvalue weighted by atomic mass is 9.99. The molecule has 0 bridgehead atoms. The van der Waals surface area contributed by atoms with Gasteiger partial charge in [0.1, 0.15) is 11.4 Å². The van der Waals surface area contributed by atoms with Gasteiger partial charge in [-0.05, 0) is 51.8 Å². The normalized spacial score (nSPS) is 13.2. The van der Waals surface area contributed by atoms with Gasteiger partial charge in [0.2, 0.25) is 0 Å². The molecule has 0 aliphatic carbocycles. The summed E-state index contributed by atoms with van der Waals surface area (Å²) in [6.45, 7) is 9.99. The maximum Gasteiger partial charge on any atom is 0.153 e. The first kappa shape index (κ1) is 15.2. The third-order valence-corrected chi connectivity index (χ3v) is 3.01. The Labute approximate surface area is 115 Å². The van der Waals surface area contributed by atoms with Crippen molar-refractivity contribution in [1.29, 1.82) is 0 Å². The minimum atomic E-state index is -0.467. The van der Waals surface area contributed by atoms with Crippen LogP contribution in [0.25, 0.3) is 0 Å². The fourth-order valence-electron chi connectivity index (χ4n) is 1.76. The number of allylic oxidation sites excluding steroid dienone is 2. The molecule has 0 aliphatic rings. The summed E-state index contributed by atoms with van der Waals surface area (Å²) in [5, 5.41) is 0. The molecule has 102 valence electrons. The van der Waals surface area contributed by atoms with Crippen LogP contribution in [0.3, 0.4) is 0 Å². The van der Waals surface area contributed by atoms with Crippen LogP contribution in [0.1, 0.15) is 44.0 Å². The molecule has 0 N–H and O–H groups in total. The Morgan fingerprint density at radius 3 is 2.63 bits per heavy atom. The number of ether oxygens (including phenoxy) is 1. The van der Waals surface area contributed by atoms with Crippen LogP contribution in [0.4, 0.5) is 0 Å². The van der Waals surface area contributed by atoms with E-state index in [0.29, 0.717) is 11.3 Å². The zero-order valence-corrected chi connectivity index (χ0v) is 12.0. The number of carbonyl (C=O) groups is 1. The molecule has 0 fully saturated rings. The van der Waals surface area contributed by atoms with Crippen molar-refractivity contribution < 1.29 is 9.53 Å². The summed E-state index contributed by atoms with van der Waals surface area (Å²) in [7, 11) is 0. The highest BCUT2D eigenvalue weighted by molar-refractivity contribution is 5.79. The molecule has 2 heteroatoms. The van der Waals surface area contributed by atoms with Crippen molar-refractivity contribution in [3.8, 4) is 5.75 Å². The van der Waals surface area contributed by atoms with Crippen LogP contribution in [0.5, 0.6) is 5.75 Å². The molecule has 0 amide bonds. The summed E-state index contributed by atoms with van der Waals surface area (Å²) in [5.41, 5.74) is 1.39. The van der Waals surface area contributed by atoms with Crippen LogP contribution in [0.2, 0.25) is 0 Å². The van der Waals surface area contributed by atoms with Crippen LogP contribution in [-0.2, 0) is 0 Å². The number of para-hydroxylation sites is 1. The number of rotatable bonds is 7. The first-order valence-electron chi connectivity index (χ1n) is 6.51. The Hall–Kier alpha value is -1.83. The van der Waals surface area contributed by atoms with Gasteiger partial charge in [-0.2, -0.15) is 0 Å². The third kappa shape index (κ3) is 4.74. The van der Waals surface area contributed by atoms with Crippen molar-refractivity contribution in [2.45, 2.75) is 39.2 Å². The average molecular weight is 258 g/mol. The molecular weight excluding hydrogens is 236 g/mol.